The normalized spacial score (nSPS) is 10.7. The summed E-state index contributed by atoms with van der Waals surface area (Å²) < 4.78 is 15.4. The molecule has 0 spiro atoms. The smallest absolute Gasteiger partial charge is 0.224 e. The highest BCUT2D eigenvalue weighted by atomic mass is 35.5. The minimum absolute atomic E-state index is 0.104. The maximum atomic E-state index is 13.7. The van der Waals surface area contributed by atoms with Crippen molar-refractivity contribution in [3.05, 3.63) is 70.9 Å². The number of carbonyl (C=O) groups excluding carboxylic acids is 1. The number of aromatic nitrogens is 3. The van der Waals surface area contributed by atoms with Crippen LogP contribution in [-0.2, 0) is 24.8 Å². The monoisotopic (exact) mass is 358 g/mol. The Labute approximate surface area is 149 Å². The molecule has 0 fully saturated rings. The van der Waals surface area contributed by atoms with E-state index in [2.05, 4.69) is 15.4 Å². The molecule has 2 heterocycles. The van der Waals surface area contributed by atoms with E-state index in [1.807, 2.05) is 25.4 Å². The molecule has 0 bridgehead atoms. The number of hydrogen-bond donors (Lipinski definition) is 1. The minimum Gasteiger partial charge on any atom is -0.352 e. The van der Waals surface area contributed by atoms with Gasteiger partial charge in [-0.3, -0.25) is 14.5 Å². The first-order valence-corrected chi connectivity index (χ1v) is 8.04. The lowest BCUT2D eigenvalue weighted by atomic mass is 10.1. The number of carbonyl (C=O) groups is 1. The number of nitrogens with one attached hydrogen (secondary N) is 1. The lowest BCUT2D eigenvalue weighted by molar-refractivity contribution is -0.120. The van der Waals surface area contributed by atoms with E-state index in [4.69, 9.17) is 11.6 Å². The van der Waals surface area contributed by atoms with E-state index in [0.717, 1.165) is 16.8 Å². The summed E-state index contributed by atoms with van der Waals surface area (Å²) in [5.74, 6) is -0.784. The molecule has 0 aliphatic rings. The summed E-state index contributed by atoms with van der Waals surface area (Å²) in [5, 5.41) is 7.10. The summed E-state index contributed by atoms with van der Waals surface area (Å²) in [7, 11) is 1.84. The Kier molecular flexibility index (Phi) is 5.09. The van der Waals surface area contributed by atoms with Gasteiger partial charge in [0.1, 0.15) is 5.82 Å². The van der Waals surface area contributed by atoms with Crippen LogP contribution >= 0.6 is 11.6 Å². The van der Waals surface area contributed by atoms with Gasteiger partial charge in [0.2, 0.25) is 5.91 Å². The molecule has 0 aliphatic heterocycles. The maximum Gasteiger partial charge on any atom is 0.224 e. The Balaban J connectivity index is 1.59. The minimum atomic E-state index is -0.481. The number of pyridine rings is 1. The Morgan fingerprint density at radius 3 is 2.76 bits per heavy atom. The van der Waals surface area contributed by atoms with Gasteiger partial charge in [-0.05, 0) is 23.8 Å². The third kappa shape index (κ3) is 4.22. The van der Waals surface area contributed by atoms with Crippen LogP contribution in [-0.4, -0.2) is 20.7 Å². The van der Waals surface area contributed by atoms with Gasteiger partial charge >= 0.3 is 0 Å². The van der Waals surface area contributed by atoms with Crippen LogP contribution in [0.15, 0.2) is 48.9 Å². The summed E-state index contributed by atoms with van der Waals surface area (Å²) in [6, 6.07) is 8.11. The average molecular weight is 359 g/mol. The molecule has 1 N–H and O–H groups in total. The SMILES string of the molecule is Cn1cc(-c2ccc(CNC(=O)Cc3c(F)cccc3Cl)cn2)cn1. The maximum absolute atomic E-state index is 13.7. The zero-order valence-electron chi connectivity index (χ0n) is 13.5. The molecular weight excluding hydrogens is 343 g/mol. The third-order valence-electron chi connectivity index (χ3n) is 3.71. The highest BCUT2D eigenvalue weighted by molar-refractivity contribution is 6.31. The van der Waals surface area contributed by atoms with Gasteiger partial charge in [0.05, 0.1) is 18.3 Å². The van der Waals surface area contributed by atoms with E-state index < -0.39 is 5.82 Å². The van der Waals surface area contributed by atoms with Gasteiger partial charge in [0.15, 0.2) is 0 Å². The second kappa shape index (κ2) is 7.44. The first-order valence-electron chi connectivity index (χ1n) is 7.66. The zero-order chi connectivity index (χ0) is 17.8. The van der Waals surface area contributed by atoms with Crippen molar-refractivity contribution in [1.29, 1.82) is 0 Å². The number of amides is 1. The fourth-order valence-corrected chi connectivity index (χ4v) is 2.61. The summed E-state index contributed by atoms with van der Waals surface area (Å²) in [5.41, 5.74) is 2.78. The lowest BCUT2D eigenvalue weighted by Crippen LogP contribution is -2.25. The van der Waals surface area contributed by atoms with Crippen molar-refractivity contribution in [3.8, 4) is 11.3 Å². The van der Waals surface area contributed by atoms with Crippen molar-refractivity contribution < 1.29 is 9.18 Å². The van der Waals surface area contributed by atoms with E-state index in [0.29, 0.717) is 6.54 Å². The molecule has 3 aromatic rings. The molecule has 0 atom stereocenters. The highest BCUT2D eigenvalue weighted by Gasteiger charge is 2.11. The number of aryl methyl sites for hydroxylation is 1. The molecule has 0 aliphatic carbocycles. The number of rotatable bonds is 5. The van der Waals surface area contributed by atoms with Crippen LogP contribution in [0.4, 0.5) is 4.39 Å². The molecule has 25 heavy (non-hydrogen) atoms. The highest BCUT2D eigenvalue weighted by Crippen LogP contribution is 2.19. The Bertz CT molecular complexity index is 872. The van der Waals surface area contributed by atoms with Gasteiger partial charge in [-0.15, -0.1) is 0 Å². The van der Waals surface area contributed by atoms with Gasteiger partial charge in [0.25, 0.3) is 0 Å². The molecule has 7 heteroatoms. The van der Waals surface area contributed by atoms with Crippen LogP contribution in [0.3, 0.4) is 0 Å². The molecule has 128 valence electrons. The number of nitrogens with zero attached hydrogens (tertiary/aromatic N) is 3. The Morgan fingerprint density at radius 1 is 1.28 bits per heavy atom. The summed E-state index contributed by atoms with van der Waals surface area (Å²) >= 11 is 5.93. The first kappa shape index (κ1) is 17.1. The van der Waals surface area contributed by atoms with Crippen molar-refractivity contribution in [2.45, 2.75) is 13.0 Å². The quantitative estimate of drug-likeness (QED) is 0.762. The summed E-state index contributed by atoms with van der Waals surface area (Å²) in [6.45, 7) is 0.311. The van der Waals surface area contributed by atoms with E-state index >= 15 is 0 Å². The van der Waals surface area contributed by atoms with Crippen LogP contribution in [0.25, 0.3) is 11.3 Å². The van der Waals surface area contributed by atoms with Crippen LogP contribution in [0.2, 0.25) is 5.02 Å². The second-order valence-electron chi connectivity index (χ2n) is 5.61. The molecule has 0 unspecified atom stereocenters. The standard InChI is InChI=1S/C18H16ClFN4O/c1-24-11-13(10-23-24)17-6-5-12(8-21-17)9-22-18(25)7-14-15(19)3-2-4-16(14)20/h2-6,8,10-11H,7,9H2,1H3,(H,22,25). The lowest BCUT2D eigenvalue weighted by Gasteiger charge is -2.08. The molecule has 2 aromatic heterocycles. The Morgan fingerprint density at radius 2 is 2.12 bits per heavy atom. The van der Waals surface area contributed by atoms with Crippen molar-refractivity contribution in [3.63, 3.8) is 0 Å². The molecule has 0 saturated heterocycles. The Hall–Kier alpha value is -2.73. The second-order valence-corrected chi connectivity index (χ2v) is 6.02. The van der Waals surface area contributed by atoms with E-state index in [9.17, 15) is 9.18 Å². The average Bonchev–Trinajstić information content (AvgIpc) is 3.03. The fourth-order valence-electron chi connectivity index (χ4n) is 2.38. The number of halogens is 2. The number of benzene rings is 1. The van der Waals surface area contributed by atoms with Gasteiger partial charge in [-0.2, -0.15) is 5.10 Å². The molecule has 3 rings (SSSR count). The molecule has 1 aromatic carbocycles. The predicted octanol–water partition coefficient (Wildman–Crippen LogP) is 3.13. The van der Waals surface area contributed by atoms with E-state index in [1.165, 1.54) is 12.1 Å². The van der Waals surface area contributed by atoms with Crippen molar-refractivity contribution in [1.82, 2.24) is 20.1 Å². The molecule has 1 amide bonds. The molecule has 0 saturated carbocycles. The predicted molar refractivity (Wildman–Crippen MR) is 93.4 cm³/mol. The summed E-state index contributed by atoms with van der Waals surface area (Å²) in [4.78, 5) is 16.4. The van der Waals surface area contributed by atoms with Crippen molar-refractivity contribution in [2.75, 3.05) is 0 Å². The van der Waals surface area contributed by atoms with Crippen LogP contribution in [0.1, 0.15) is 11.1 Å². The van der Waals surface area contributed by atoms with Crippen LogP contribution in [0.5, 0.6) is 0 Å². The van der Waals surface area contributed by atoms with Crippen LogP contribution in [0, 0.1) is 5.82 Å². The van der Waals surface area contributed by atoms with Gasteiger partial charge in [-0.25, -0.2) is 4.39 Å². The van der Waals surface area contributed by atoms with Gasteiger partial charge in [0, 0.05) is 42.1 Å². The zero-order valence-corrected chi connectivity index (χ0v) is 14.3. The molecule has 0 radical (unpaired) electrons. The van der Waals surface area contributed by atoms with Crippen molar-refractivity contribution >= 4 is 17.5 Å². The van der Waals surface area contributed by atoms with E-state index in [1.54, 1.807) is 23.1 Å². The summed E-state index contributed by atoms with van der Waals surface area (Å²) in [6.07, 6.45) is 5.20. The van der Waals surface area contributed by atoms with Gasteiger partial charge < -0.3 is 5.32 Å². The van der Waals surface area contributed by atoms with Crippen molar-refractivity contribution in [2.24, 2.45) is 7.05 Å². The first-order chi connectivity index (χ1) is 12.0. The molecule has 5 nitrogen and oxygen atoms in total. The third-order valence-corrected chi connectivity index (χ3v) is 4.07. The van der Waals surface area contributed by atoms with Crippen LogP contribution < -0.4 is 5.32 Å². The van der Waals surface area contributed by atoms with E-state index in [-0.39, 0.29) is 22.9 Å². The topological polar surface area (TPSA) is 59.8 Å². The number of hydrogen-bond acceptors (Lipinski definition) is 3. The largest absolute Gasteiger partial charge is 0.352 e. The molecular formula is C18H16ClFN4O. The fraction of sp³-hybridized carbons (Fsp3) is 0.167. The van der Waals surface area contributed by atoms with Gasteiger partial charge in [-0.1, -0.05) is 23.7 Å².